The second-order valence-corrected chi connectivity index (χ2v) is 7.65. The van der Waals surface area contributed by atoms with Gasteiger partial charge in [-0.3, -0.25) is 9.59 Å². The van der Waals surface area contributed by atoms with Gasteiger partial charge in [-0.25, -0.2) is 4.39 Å². The Kier molecular flexibility index (Phi) is 7.08. The van der Waals surface area contributed by atoms with Crippen molar-refractivity contribution >= 4 is 28.6 Å². The molecule has 2 amide bonds. The smallest absolute Gasteiger partial charge is 0.286 e. The Hall–Kier alpha value is -3.32. The summed E-state index contributed by atoms with van der Waals surface area (Å²) in [7, 11) is 3.35. The summed E-state index contributed by atoms with van der Waals surface area (Å²) in [6.45, 7) is 0.261. The lowest BCUT2D eigenvalue weighted by atomic mass is 10.2. The third kappa shape index (κ3) is 5.84. The zero-order valence-electron chi connectivity index (χ0n) is 16.6. The fraction of sp³-hybridized carbons (Fsp3) is 0.130. The molecule has 0 saturated carbocycles. The summed E-state index contributed by atoms with van der Waals surface area (Å²) in [6, 6.07) is 20.0. The highest BCUT2D eigenvalue weighted by molar-refractivity contribution is 8.13. The summed E-state index contributed by atoms with van der Waals surface area (Å²) in [4.78, 5) is 26.9. The number of thioether (sulfide) groups is 1. The molecule has 0 aliphatic rings. The number of nitrogens with one attached hydrogen (secondary N) is 1. The molecule has 1 N–H and O–H groups in total. The van der Waals surface area contributed by atoms with Crippen LogP contribution in [0.3, 0.4) is 0 Å². The Morgan fingerprint density at radius 3 is 2.47 bits per heavy atom. The van der Waals surface area contributed by atoms with Gasteiger partial charge in [-0.1, -0.05) is 30.3 Å². The molecule has 0 radical (unpaired) electrons. The first-order chi connectivity index (χ1) is 14.4. The maximum absolute atomic E-state index is 13.0. The zero-order valence-corrected chi connectivity index (χ0v) is 17.4. The number of anilines is 1. The molecule has 154 valence electrons. The van der Waals surface area contributed by atoms with Crippen molar-refractivity contribution in [1.82, 2.24) is 4.90 Å². The fourth-order valence-corrected chi connectivity index (χ4v) is 3.26. The van der Waals surface area contributed by atoms with E-state index in [0.717, 1.165) is 17.3 Å². The number of rotatable bonds is 6. The van der Waals surface area contributed by atoms with Gasteiger partial charge in [-0.05, 0) is 59.8 Å². The highest BCUT2D eigenvalue weighted by Crippen LogP contribution is 2.29. The quantitative estimate of drug-likeness (QED) is 0.536. The molecule has 3 rings (SSSR count). The van der Waals surface area contributed by atoms with Gasteiger partial charge in [0.25, 0.3) is 11.1 Å². The van der Waals surface area contributed by atoms with E-state index in [4.69, 9.17) is 4.74 Å². The van der Waals surface area contributed by atoms with Gasteiger partial charge in [0.2, 0.25) is 0 Å². The lowest BCUT2D eigenvalue weighted by molar-refractivity contribution is 0.102. The first-order valence-corrected chi connectivity index (χ1v) is 10.0. The summed E-state index contributed by atoms with van der Waals surface area (Å²) in [5.41, 5.74) is 1.80. The SMILES string of the molecule is CN(C)C(=O)Sc1ccccc1NC(=O)c1cccc(OCc2ccc(F)cc2)c1. The lowest BCUT2D eigenvalue weighted by Crippen LogP contribution is -2.17. The van der Waals surface area contributed by atoms with Crippen LogP contribution < -0.4 is 10.1 Å². The topological polar surface area (TPSA) is 58.6 Å². The second kappa shape index (κ2) is 9.93. The molecule has 0 atom stereocenters. The van der Waals surface area contributed by atoms with Gasteiger partial charge in [0, 0.05) is 24.6 Å². The highest BCUT2D eigenvalue weighted by Gasteiger charge is 2.14. The number of amides is 2. The Balaban J connectivity index is 1.68. The molecule has 0 bridgehead atoms. The number of halogens is 1. The van der Waals surface area contributed by atoms with Crippen LogP contribution in [0.5, 0.6) is 5.75 Å². The van der Waals surface area contributed by atoms with Crippen molar-refractivity contribution in [3.8, 4) is 5.75 Å². The van der Waals surface area contributed by atoms with Crippen molar-refractivity contribution in [2.75, 3.05) is 19.4 Å². The van der Waals surface area contributed by atoms with Gasteiger partial charge < -0.3 is 15.0 Å². The van der Waals surface area contributed by atoms with Gasteiger partial charge in [-0.15, -0.1) is 0 Å². The molecule has 0 saturated heterocycles. The molecule has 30 heavy (non-hydrogen) atoms. The molecule has 0 fully saturated rings. The largest absolute Gasteiger partial charge is 0.489 e. The average molecular weight is 424 g/mol. The van der Waals surface area contributed by atoms with Crippen molar-refractivity contribution in [2.24, 2.45) is 0 Å². The van der Waals surface area contributed by atoms with Crippen LogP contribution in [0.2, 0.25) is 0 Å². The van der Waals surface area contributed by atoms with E-state index in [0.29, 0.717) is 21.9 Å². The number of para-hydroxylation sites is 1. The third-order valence-electron chi connectivity index (χ3n) is 4.11. The van der Waals surface area contributed by atoms with Gasteiger partial charge in [0.1, 0.15) is 18.2 Å². The number of ether oxygens (including phenoxy) is 1. The minimum Gasteiger partial charge on any atom is -0.489 e. The Labute approximate surface area is 178 Å². The van der Waals surface area contributed by atoms with E-state index in [9.17, 15) is 14.0 Å². The maximum Gasteiger partial charge on any atom is 0.286 e. The van der Waals surface area contributed by atoms with Crippen LogP contribution in [-0.2, 0) is 6.61 Å². The number of nitrogens with zero attached hydrogens (tertiary/aromatic N) is 1. The summed E-state index contributed by atoms with van der Waals surface area (Å²) in [5, 5.41) is 2.72. The van der Waals surface area contributed by atoms with E-state index in [1.807, 2.05) is 6.07 Å². The first kappa shape index (κ1) is 21.4. The molecule has 3 aromatic rings. The molecule has 0 unspecified atom stereocenters. The minimum absolute atomic E-state index is 0.132. The van der Waals surface area contributed by atoms with Crippen molar-refractivity contribution in [2.45, 2.75) is 11.5 Å². The van der Waals surface area contributed by atoms with E-state index in [-0.39, 0.29) is 23.6 Å². The number of hydrogen-bond donors (Lipinski definition) is 1. The van der Waals surface area contributed by atoms with Crippen LogP contribution in [0.15, 0.2) is 77.7 Å². The van der Waals surface area contributed by atoms with Gasteiger partial charge in [0.15, 0.2) is 0 Å². The molecular weight excluding hydrogens is 403 g/mol. The van der Waals surface area contributed by atoms with Crippen LogP contribution in [0.1, 0.15) is 15.9 Å². The van der Waals surface area contributed by atoms with Crippen LogP contribution in [-0.4, -0.2) is 30.1 Å². The molecule has 7 heteroatoms. The van der Waals surface area contributed by atoms with Crippen molar-refractivity contribution < 1.29 is 18.7 Å². The summed E-state index contributed by atoms with van der Waals surface area (Å²) < 4.78 is 18.7. The van der Waals surface area contributed by atoms with E-state index in [1.54, 1.807) is 68.7 Å². The molecule has 0 aliphatic heterocycles. The first-order valence-electron chi connectivity index (χ1n) is 9.19. The van der Waals surface area contributed by atoms with E-state index < -0.39 is 0 Å². The van der Waals surface area contributed by atoms with Crippen LogP contribution in [0.25, 0.3) is 0 Å². The molecule has 0 heterocycles. The van der Waals surface area contributed by atoms with E-state index in [1.165, 1.54) is 17.0 Å². The van der Waals surface area contributed by atoms with Crippen LogP contribution in [0, 0.1) is 5.82 Å². The molecule has 0 spiro atoms. The number of carbonyl (C=O) groups is 2. The van der Waals surface area contributed by atoms with Crippen molar-refractivity contribution in [3.63, 3.8) is 0 Å². The van der Waals surface area contributed by atoms with Crippen LogP contribution in [0.4, 0.5) is 14.9 Å². The Morgan fingerprint density at radius 2 is 1.73 bits per heavy atom. The number of carbonyl (C=O) groups excluding carboxylic acids is 2. The normalized spacial score (nSPS) is 10.4. The van der Waals surface area contributed by atoms with Gasteiger partial charge in [-0.2, -0.15) is 0 Å². The predicted molar refractivity (Wildman–Crippen MR) is 117 cm³/mol. The molecule has 3 aromatic carbocycles. The summed E-state index contributed by atoms with van der Waals surface area (Å²) >= 11 is 1.05. The van der Waals surface area contributed by atoms with E-state index >= 15 is 0 Å². The molecule has 0 aromatic heterocycles. The summed E-state index contributed by atoms with van der Waals surface area (Å²) in [5.74, 6) is -0.0897. The highest BCUT2D eigenvalue weighted by atomic mass is 32.2. The predicted octanol–water partition coefficient (Wildman–Crippen LogP) is 5.43. The average Bonchev–Trinajstić information content (AvgIpc) is 2.74. The zero-order chi connectivity index (χ0) is 21.5. The van der Waals surface area contributed by atoms with Gasteiger partial charge >= 0.3 is 0 Å². The standard InChI is InChI=1S/C23H21FN2O3S/c1-26(2)23(28)30-21-9-4-3-8-20(21)25-22(27)17-6-5-7-19(14-17)29-15-16-10-12-18(24)13-11-16/h3-14H,15H2,1-2H3,(H,25,27). The van der Waals surface area contributed by atoms with Crippen molar-refractivity contribution in [3.05, 3.63) is 89.7 Å². The van der Waals surface area contributed by atoms with E-state index in [2.05, 4.69) is 5.32 Å². The second-order valence-electron chi connectivity index (χ2n) is 6.66. The minimum atomic E-state index is -0.312. The third-order valence-corrected chi connectivity index (χ3v) is 5.23. The number of benzene rings is 3. The lowest BCUT2D eigenvalue weighted by Gasteiger charge is -2.13. The maximum atomic E-state index is 13.0. The van der Waals surface area contributed by atoms with Crippen molar-refractivity contribution in [1.29, 1.82) is 0 Å². The molecule has 5 nitrogen and oxygen atoms in total. The molecule has 0 aliphatic carbocycles. The summed E-state index contributed by atoms with van der Waals surface area (Å²) in [6.07, 6.45) is 0. The van der Waals surface area contributed by atoms with Crippen LogP contribution >= 0.6 is 11.8 Å². The fourth-order valence-electron chi connectivity index (χ4n) is 2.51. The monoisotopic (exact) mass is 424 g/mol. The number of hydrogen-bond acceptors (Lipinski definition) is 4. The molecular formula is C23H21FN2O3S. The Morgan fingerprint density at radius 1 is 1.00 bits per heavy atom. The Bertz CT molecular complexity index is 1040. The van der Waals surface area contributed by atoms with Gasteiger partial charge in [0.05, 0.1) is 5.69 Å².